The number of nitrogens with zero attached hydrogens (tertiary/aromatic N) is 4. The molecule has 3 aromatic rings. The Morgan fingerprint density at radius 2 is 1.95 bits per heavy atom. The third kappa shape index (κ3) is 6.53. The van der Waals surface area contributed by atoms with Crippen molar-refractivity contribution in [1.82, 2.24) is 30.5 Å². The van der Waals surface area contributed by atoms with Crippen molar-refractivity contribution in [2.24, 2.45) is 5.73 Å². The minimum atomic E-state index is -0.970. The summed E-state index contributed by atoms with van der Waals surface area (Å²) in [4.78, 5) is 65.2. The van der Waals surface area contributed by atoms with Crippen LogP contribution in [0.4, 0.5) is 0 Å². The average Bonchev–Trinajstić information content (AvgIpc) is 3.35. The molecule has 0 radical (unpaired) electrons. The van der Waals surface area contributed by atoms with Crippen LogP contribution in [0.15, 0.2) is 54.3 Å². The molecule has 3 unspecified atom stereocenters. The van der Waals surface area contributed by atoms with Gasteiger partial charge in [0.1, 0.15) is 23.5 Å². The van der Waals surface area contributed by atoms with Crippen molar-refractivity contribution in [3.8, 4) is 0 Å². The second-order valence-corrected chi connectivity index (χ2v) is 9.77. The van der Waals surface area contributed by atoms with Gasteiger partial charge in [0, 0.05) is 36.8 Å². The number of nitrogens with two attached hydrogens (primary N) is 1. The Morgan fingerprint density at radius 3 is 2.59 bits per heavy atom. The fraction of sp³-hybridized carbons (Fsp3) is 0.320. The normalized spacial score (nSPS) is 18.0. The molecule has 192 valence electrons. The summed E-state index contributed by atoms with van der Waals surface area (Å²) < 4.78 is 0. The lowest BCUT2D eigenvalue weighted by molar-refractivity contribution is -0.131. The highest BCUT2D eigenvalue weighted by atomic mass is 32.1. The number of amides is 4. The van der Waals surface area contributed by atoms with E-state index in [1.807, 2.05) is 30.3 Å². The zero-order valence-electron chi connectivity index (χ0n) is 20.2. The van der Waals surface area contributed by atoms with E-state index in [0.29, 0.717) is 6.42 Å². The van der Waals surface area contributed by atoms with Crippen LogP contribution in [0.25, 0.3) is 0 Å². The standard InChI is InChI=1S/C25H27N7O4S/c1-15-29-20(14-37-15)25(36)32-10-7-17(30-23(34)19-13-27-8-9-28-19)12-21(32)24(35)31-18(22(26)33)11-16-5-3-2-4-6-16/h2-6,8-9,13-14,17-18,21H,7,10-12H2,1H3,(H2,26,33)(H,30,34)(H,31,35). The molecular formula is C25H27N7O4S. The van der Waals surface area contributed by atoms with E-state index in [-0.39, 0.29) is 36.7 Å². The summed E-state index contributed by atoms with van der Waals surface area (Å²) in [5.41, 5.74) is 6.82. The van der Waals surface area contributed by atoms with Gasteiger partial charge < -0.3 is 21.3 Å². The highest BCUT2D eigenvalue weighted by molar-refractivity contribution is 7.09. The van der Waals surface area contributed by atoms with Crippen molar-refractivity contribution in [2.45, 2.75) is 44.3 Å². The van der Waals surface area contributed by atoms with Crippen molar-refractivity contribution in [1.29, 1.82) is 0 Å². The van der Waals surface area contributed by atoms with Crippen molar-refractivity contribution >= 4 is 35.0 Å². The number of hydrogen-bond acceptors (Lipinski definition) is 8. The fourth-order valence-corrected chi connectivity index (χ4v) is 4.80. The molecule has 1 aliphatic heterocycles. The predicted octanol–water partition coefficient (Wildman–Crippen LogP) is 0.858. The van der Waals surface area contributed by atoms with E-state index in [0.717, 1.165) is 10.6 Å². The van der Waals surface area contributed by atoms with E-state index in [9.17, 15) is 19.2 Å². The molecule has 37 heavy (non-hydrogen) atoms. The molecule has 1 aromatic carbocycles. The van der Waals surface area contributed by atoms with Crippen molar-refractivity contribution in [2.75, 3.05) is 6.54 Å². The molecule has 3 heterocycles. The van der Waals surface area contributed by atoms with Gasteiger partial charge in [0.05, 0.1) is 11.2 Å². The quantitative estimate of drug-likeness (QED) is 0.396. The van der Waals surface area contributed by atoms with Gasteiger partial charge in [-0.15, -0.1) is 11.3 Å². The lowest BCUT2D eigenvalue weighted by atomic mass is 9.95. The Bertz CT molecular complexity index is 1270. The third-order valence-electron chi connectivity index (χ3n) is 6.08. The molecule has 0 spiro atoms. The largest absolute Gasteiger partial charge is 0.368 e. The van der Waals surface area contributed by atoms with Gasteiger partial charge >= 0.3 is 0 Å². The van der Waals surface area contributed by atoms with E-state index in [4.69, 9.17) is 5.73 Å². The number of rotatable bonds is 8. The van der Waals surface area contributed by atoms with Crippen LogP contribution in [-0.4, -0.2) is 68.2 Å². The van der Waals surface area contributed by atoms with Crippen LogP contribution in [0.5, 0.6) is 0 Å². The minimum absolute atomic E-state index is 0.142. The smallest absolute Gasteiger partial charge is 0.274 e. The van der Waals surface area contributed by atoms with E-state index >= 15 is 0 Å². The molecule has 11 nitrogen and oxygen atoms in total. The predicted molar refractivity (Wildman–Crippen MR) is 135 cm³/mol. The van der Waals surface area contributed by atoms with Crippen LogP contribution >= 0.6 is 11.3 Å². The molecule has 4 rings (SSSR count). The number of carbonyl (C=O) groups excluding carboxylic acids is 4. The number of carbonyl (C=O) groups is 4. The second-order valence-electron chi connectivity index (χ2n) is 8.70. The maximum Gasteiger partial charge on any atom is 0.274 e. The zero-order chi connectivity index (χ0) is 26.4. The Morgan fingerprint density at radius 1 is 1.16 bits per heavy atom. The minimum Gasteiger partial charge on any atom is -0.368 e. The first-order chi connectivity index (χ1) is 17.8. The van der Waals surface area contributed by atoms with Crippen molar-refractivity contribution in [3.63, 3.8) is 0 Å². The van der Waals surface area contributed by atoms with Crippen molar-refractivity contribution in [3.05, 3.63) is 76.3 Å². The molecule has 2 aromatic heterocycles. The van der Waals surface area contributed by atoms with Crippen molar-refractivity contribution < 1.29 is 19.2 Å². The molecule has 4 amide bonds. The molecule has 4 N–H and O–H groups in total. The first kappa shape index (κ1) is 25.9. The van der Waals surface area contributed by atoms with E-state index in [1.165, 1.54) is 34.8 Å². The Kier molecular flexibility index (Phi) is 8.18. The highest BCUT2D eigenvalue weighted by Crippen LogP contribution is 2.22. The molecular weight excluding hydrogens is 494 g/mol. The summed E-state index contributed by atoms with van der Waals surface area (Å²) in [6.45, 7) is 2.00. The van der Waals surface area contributed by atoms with E-state index in [1.54, 1.807) is 12.3 Å². The first-order valence-electron chi connectivity index (χ1n) is 11.8. The summed E-state index contributed by atoms with van der Waals surface area (Å²) in [5.74, 6) is -2.03. The molecule has 0 saturated carbocycles. The molecule has 1 aliphatic rings. The molecule has 0 bridgehead atoms. The summed E-state index contributed by atoms with van der Waals surface area (Å²) in [5, 5.41) is 7.97. The van der Waals surface area contributed by atoms with Gasteiger partial charge in [-0.3, -0.25) is 24.2 Å². The van der Waals surface area contributed by atoms with Gasteiger partial charge in [-0.1, -0.05) is 30.3 Å². The number of aromatic nitrogens is 3. The lowest BCUT2D eigenvalue weighted by Gasteiger charge is -2.39. The van der Waals surface area contributed by atoms with Crippen LogP contribution in [-0.2, 0) is 16.0 Å². The summed E-state index contributed by atoms with van der Waals surface area (Å²) >= 11 is 1.34. The van der Waals surface area contributed by atoms with Gasteiger partial charge in [0.2, 0.25) is 11.8 Å². The van der Waals surface area contributed by atoms with E-state index < -0.39 is 35.8 Å². The molecule has 0 aliphatic carbocycles. The number of benzene rings is 1. The monoisotopic (exact) mass is 521 g/mol. The van der Waals surface area contributed by atoms with Crippen LogP contribution < -0.4 is 16.4 Å². The topological polar surface area (TPSA) is 160 Å². The number of likely N-dealkylation sites (tertiary alicyclic amines) is 1. The summed E-state index contributed by atoms with van der Waals surface area (Å²) in [7, 11) is 0. The molecule has 3 atom stereocenters. The molecule has 1 saturated heterocycles. The lowest BCUT2D eigenvalue weighted by Crippen LogP contribution is -2.59. The number of primary amides is 1. The second kappa shape index (κ2) is 11.7. The maximum atomic E-state index is 13.5. The molecule has 1 fully saturated rings. The number of thiazole rings is 1. The number of hydrogen-bond donors (Lipinski definition) is 3. The van der Waals surface area contributed by atoms with E-state index in [2.05, 4.69) is 25.6 Å². The highest BCUT2D eigenvalue weighted by Gasteiger charge is 2.39. The van der Waals surface area contributed by atoms with Crippen LogP contribution in [0.2, 0.25) is 0 Å². The number of nitrogens with one attached hydrogen (secondary N) is 2. The fourth-order valence-electron chi connectivity index (χ4n) is 4.21. The zero-order valence-corrected chi connectivity index (χ0v) is 21.0. The third-order valence-corrected chi connectivity index (χ3v) is 6.85. The Labute approximate surface area is 217 Å². The Hall–Kier alpha value is -4.19. The summed E-state index contributed by atoms with van der Waals surface area (Å²) in [6, 6.07) is 6.85. The van der Waals surface area contributed by atoms with Gasteiger partial charge in [0.15, 0.2) is 0 Å². The van der Waals surface area contributed by atoms with Gasteiger partial charge in [-0.2, -0.15) is 0 Å². The first-order valence-corrected chi connectivity index (χ1v) is 12.6. The maximum absolute atomic E-state index is 13.5. The summed E-state index contributed by atoms with van der Waals surface area (Å²) in [6.07, 6.45) is 5.01. The molecule has 12 heteroatoms. The van der Waals surface area contributed by atoms with Crippen LogP contribution in [0.1, 0.15) is 44.4 Å². The van der Waals surface area contributed by atoms with Crippen LogP contribution in [0, 0.1) is 6.92 Å². The SMILES string of the molecule is Cc1nc(C(=O)N2CCC(NC(=O)c3cnccn3)CC2C(=O)NC(Cc2ccccc2)C(N)=O)cs1. The number of aryl methyl sites for hydroxylation is 1. The Balaban J connectivity index is 1.53. The van der Waals surface area contributed by atoms with Gasteiger partial charge in [-0.05, 0) is 25.3 Å². The van der Waals surface area contributed by atoms with Crippen LogP contribution in [0.3, 0.4) is 0 Å². The van der Waals surface area contributed by atoms with Gasteiger partial charge in [-0.25, -0.2) is 9.97 Å². The van der Waals surface area contributed by atoms with Gasteiger partial charge in [0.25, 0.3) is 11.8 Å². The average molecular weight is 522 g/mol. The number of piperidine rings is 1.